The van der Waals surface area contributed by atoms with Crippen LogP contribution in [0.2, 0.25) is 0 Å². The molecule has 17 heavy (non-hydrogen) atoms. The quantitative estimate of drug-likeness (QED) is 0.837. The molecule has 1 saturated carbocycles. The smallest absolute Gasteiger partial charge is 0.113 e. The SMILES string of the molecule is Cc1cn(C)nc1C(O)C(N)CC1CCCC1. The summed E-state index contributed by atoms with van der Waals surface area (Å²) in [4.78, 5) is 0. The zero-order valence-corrected chi connectivity index (χ0v) is 10.8. The molecule has 0 saturated heterocycles. The molecule has 0 bridgehead atoms. The molecule has 1 heterocycles. The standard InChI is InChI=1S/C13H23N3O/c1-9-8-16(2)15-12(9)13(17)11(14)7-10-5-3-4-6-10/h8,10-11,13,17H,3-7,14H2,1-2H3. The van der Waals surface area contributed by atoms with E-state index in [0.717, 1.165) is 17.7 Å². The monoisotopic (exact) mass is 237 g/mol. The molecule has 4 heteroatoms. The molecule has 2 atom stereocenters. The van der Waals surface area contributed by atoms with E-state index in [1.165, 1.54) is 25.7 Å². The van der Waals surface area contributed by atoms with Crippen LogP contribution in [0.25, 0.3) is 0 Å². The van der Waals surface area contributed by atoms with Crippen LogP contribution in [0.3, 0.4) is 0 Å². The van der Waals surface area contributed by atoms with E-state index in [1.54, 1.807) is 4.68 Å². The lowest BCUT2D eigenvalue weighted by Crippen LogP contribution is -2.31. The average molecular weight is 237 g/mol. The highest BCUT2D eigenvalue weighted by Gasteiger charge is 2.25. The summed E-state index contributed by atoms with van der Waals surface area (Å²) in [5.41, 5.74) is 7.86. The molecule has 1 aliphatic carbocycles. The first-order valence-corrected chi connectivity index (χ1v) is 6.51. The fraction of sp³-hybridized carbons (Fsp3) is 0.769. The van der Waals surface area contributed by atoms with E-state index in [-0.39, 0.29) is 6.04 Å². The fourth-order valence-corrected chi connectivity index (χ4v) is 2.88. The van der Waals surface area contributed by atoms with Gasteiger partial charge in [0.25, 0.3) is 0 Å². The fourth-order valence-electron chi connectivity index (χ4n) is 2.88. The van der Waals surface area contributed by atoms with Crippen molar-refractivity contribution in [3.8, 4) is 0 Å². The molecule has 1 aromatic rings. The summed E-state index contributed by atoms with van der Waals surface area (Å²) < 4.78 is 1.73. The van der Waals surface area contributed by atoms with E-state index in [1.807, 2.05) is 20.2 Å². The predicted molar refractivity (Wildman–Crippen MR) is 67.5 cm³/mol. The number of aliphatic hydroxyl groups excluding tert-OH is 1. The lowest BCUT2D eigenvalue weighted by molar-refractivity contribution is 0.128. The van der Waals surface area contributed by atoms with Gasteiger partial charge >= 0.3 is 0 Å². The Morgan fingerprint density at radius 3 is 2.71 bits per heavy atom. The van der Waals surface area contributed by atoms with Crippen LogP contribution in [-0.4, -0.2) is 20.9 Å². The first-order valence-electron chi connectivity index (χ1n) is 6.51. The van der Waals surface area contributed by atoms with Gasteiger partial charge in [0, 0.05) is 19.3 Å². The maximum absolute atomic E-state index is 10.2. The second-order valence-corrected chi connectivity index (χ2v) is 5.37. The van der Waals surface area contributed by atoms with Crippen molar-refractivity contribution in [1.82, 2.24) is 9.78 Å². The molecule has 96 valence electrons. The topological polar surface area (TPSA) is 64.1 Å². The number of hydrogen-bond donors (Lipinski definition) is 2. The van der Waals surface area contributed by atoms with Crippen LogP contribution in [0, 0.1) is 12.8 Å². The molecule has 0 spiro atoms. The first-order chi connectivity index (χ1) is 8.08. The summed E-state index contributed by atoms with van der Waals surface area (Å²) >= 11 is 0. The Morgan fingerprint density at radius 1 is 1.53 bits per heavy atom. The van der Waals surface area contributed by atoms with Gasteiger partial charge in [0.05, 0.1) is 5.69 Å². The molecule has 0 radical (unpaired) electrons. The molecular weight excluding hydrogens is 214 g/mol. The van der Waals surface area contributed by atoms with E-state index in [4.69, 9.17) is 5.73 Å². The molecule has 2 unspecified atom stereocenters. The van der Waals surface area contributed by atoms with Crippen molar-refractivity contribution in [3.63, 3.8) is 0 Å². The summed E-state index contributed by atoms with van der Waals surface area (Å²) in [6.45, 7) is 1.97. The van der Waals surface area contributed by atoms with Gasteiger partial charge in [0.15, 0.2) is 0 Å². The number of aromatic nitrogens is 2. The second kappa shape index (κ2) is 5.19. The second-order valence-electron chi connectivity index (χ2n) is 5.37. The van der Waals surface area contributed by atoms with E-state index in [2.05, 4.69) is 5.10 Å². The molecule has 3 N–H and O–H groups in total. The lowest BCUT2D eigenvalue weighted by Gasteiger charge is -2.21. The van der Waals surface area contributed by atoms with Gasteiger partial charge in [-0.3, -0.25) is 4.68 Å². The summed E-state index contributed by atoms with van der Waals surface area (Å²) in [5, 5.41) is 14.5. The summed E-state index contributed by atoms with van der Waals surface area (Å²) in [5.74, 6) is 0.698. The van der Waals surface area contributed by atoms with Crippen LogP contribution in [0.4, 0.5) is 0 Å². The summed E-state index contributed by atoms with van der Waals surface area (Å²) in [7, 11) is 1.87. The minimum Gasteiger partial charge on any atom is -0.385 e. The molecule has 4 nitrogen and oxygen atoms in total. The third-order valence-corrected chi connectivity index (χ3v) is 3.82. The van der Waals surface area contributed by atoms with Crippen LogP contribution in [0.5, 0.6) is 0 Å². The Balaban J connectivity index is 1.98. The Kier molecular flexibility index (Phi) is 3.84. The van der Waals surface area contributed by atoms with Gasteiger partial charge in [-0.15, -0.1) is 0 Å². The predicted octanol–water partition coefficient (Wildman–Crippen LogP) is 1.67. The van der Waals surface area contributed by atoms with Crippen molar-refractivity contribution in [3.05, 3.63) is 17.5 Å². The maximum atomic E-state index is 10.2. The molecule has 0 aliphatic heterocycles. The Hall–Kier alpha value is -0.870. The zero-order chi connectivity index (χ0) is 12.4. The number of rotatable bonds is 4. The first kappa shape index (κ1) is 12.6. The summed E-state index contributed by atoms with van der Waals surface area (Å²) in [6, 6.07) is -0.188. The summed E-state index contributed by atoms with van der Waals surface area (Å²) in [6.07, 6.45) is 7.37. The van der Waals surface area contributed by atoms with E-state index >= 15 is 0 Å². The largest absolute Gasteiger partial charge is 0.385 e. The molecule has 0 amide bonds. The average Bonchev–Trinajstić information content (AvgIpc) is 2.87. The Bertz CT molecular complexity index is 369. The minimum absolute atomic E-state index is 0.188. The Labute approximate surface area is 103 Å². The zero-order valence-electron chi connectivity index (χ0n) is 10.8. The van der Waals surface area contributed by atoms with Crippen molar-refractivity contribution < 1.29 is 5.11 Å². The lowest BCUT2D eigenvalue weighted by atomic mass is 9.94. The van der Waals surface area contributed by atoms with Crippen molar-refractivity contribution in [1.29, 1.82) is 0 Å². The van der Waals surface area contributed by atoms with Crippen LogP contribution in [-0.2, 0) is 7.05 Å². The highest BCUT2D eigenvalue weighted by atomic mass is 16.3. The third-order valence-electron chi connectivity index (χ3n) is 3.82. The van der Waals surface area contributed by atoms with Gasteiger partial charge in [0.1, 0.15) is 6.10 Å². The van der Waals surface area contributed by atoms with E-state index in [0.29, 0.717) is 5.92 Å². The molecular formula is C13H23N3O. The van der Waals surface area contributed by atoms with Crippen molar-refractivity contribution in [2.75, 3.05) is 0 Å². The normalized spacial score (nSPS) is 20.7. The highest BCUT2D eigenvalue weighted by Crippen LogP contribution is 2.31. The van der Waals surface area contributed by atoms with Crippen LogP contribution >= 0.6 is 0 Å². The van der Waals surface area contributed by atoms with Gasteiger partial charge in [-0.25, -0.2) is 0 Å². The number of aliphatic hydroxyl groups is 1. The van der Waals surface area contributed by atoms with E-state index < -0.39 is 6.10 Å². The van der Waals surface area contributed by atoms with Crippen molar-refractivity contribution in [2.45, 2.75) is 51.2 Å². The van der Waals surface area contributed by atoms with Gasteiger partial charge in [-0.1, -0.05) is 25.7 Å². The number of nitrogens with two attached hydrogens (primary N) is 1. The highest BCUT2D eigenvalue weighted by molar-refractivity contribution is 5.18. The van der Waals surface area contributed by atoms with Crippen LogP contribution < -0.4 is 5.73 Å². The molecule has 1 aliphatic rings. The maximum Gasteiger partial charge on any atom is 0.113 e. The van der Waals surface area contributed by atoms with Crippen LogP contribution in [0.15, 0.2) is 6.20 Å². The van der Waals surface area contributed by atoms with Crippen molar-refractivity contribution in [2.24, 2.45) is 18.7 Å². The van der Waals surface area contributed by atoms with Gasteiger partial charge in [-0.2, -0.15) is 5.10 Å². The van der Waals surface area contributed by atoms with E-state index in [9.17, 15) is 5.11 Å². The molecule has 1 fully saturated rings. The van der Waals surface area contributed by atoms with Crippen LogP contribution in [0.1, 0.15) is 49.5 Å². The number of aryl methyl sites for hydroxylation is 2. The Morgan fingerprint density at radius 2 is 2.18 bits per heavy atom. The third kappa shape index (κ3) is 2.87. The molecule has 1 aromatic heterocycles. The molecule has 0 aromatic carbocycles. The number of hydrogen-bond acceptors (Lipinski definition) is 3. The van der Waals surface area contributed by atoms with Crippen molar-refractivity contribution >= 4 is 0 Å². The van der Waals surface area contributed by atoms with Gasteiger partial charge < -0.3 is 10.8 Å². The van der Waals surface area contributed by atoms with Gasteiger partial charge in [0.2, 0.25) is 0 Å². The number of nitrogens with zero attached hydrogens (tertiary/aromatic N) is 2. The minimum atomic E-state index is -0.628. The molecule has 2 rings (SSSR count). The van der Waals surface area contributed by atoms with Gasteiger partial charge in [-0.05, 0) is 24.8 Å².